The Morgan fingerprint density at radius 1 is 0.778 bits per heavy atom. The highest BCUT2D eigenvalue weighted by Crippen LogP contribution is 2.36. The first-order chi connectivity index (χ1) is 25.9. The number of hydrogen-bond acceptors (Lipinski definition) is 9. The molecule has 54 heavy (non-hydrogen) atoms. The number of nitrogens with two attached hydrogens (primary N) is 2. The van der Waals surface area contributed by atoms with Crippen molar-refractivity contribution in [1.29, 1.82) is 0 Å². The Bertz CT molecular complexity index is 2670. The number of aromatic nitrogens is 9. The van der Waals surface area contributed by atoms with Crippen molar-refractivity contribution in [3.8, 4) is 17.3 Å². The minimum absolute atomic E-state index is 0.0266. The van der Waals surface area contributed by atoms with Crippen LogP contribution in [0.4, 0.5) is 0 Å². The largest absolute Gasteiger partial charge is 0.495 e. The SMILES string of the molecule is CCn1nc(C)cc1C(=O)Cc1nc2cc(C(N)=O)cc(C)c2n1C/C=C/Cn1c2nc(-c3cc(C)nn3CC)ncc2c2cc(C(N)=O)cc(OC)c21. The molecule has 0 fully saturated rings. The molecule has 5 heterocycles. The van der Waals surface area contributed by atoms with Crippen molar-refractivity contribution in [3.05, 3.63) is 94.3 Å². The number of rotatable bonds is 13. The topological polar surface area (TPSA) is 197 Å². The second kappa shape index (κ2) is 14.1. The third kappa shape index (κ3) is 6.27. The van der Waals surface area contributed by atoms with Gasteiger partial charge in [0.2, 0.25) is 11.8 Å². The third-order valence-corrected chi connectivity index (χ3v) is 9.54. The zero-order valence-corrected chi connectivity index (χ0v) is 31.0. The summed E-state index contributed by atoms with van der Waals surface area (Å²) in [5, 5.41) is 10.5. The van der Waals surface area contributed by atoms with Gasteiger partial charge >= 0.3 is 0 Å². The van der Waals surface area contributed by atoms with Gasteiger partial charge in [-0.15, -0.1) is 0 Å². The molecule has 0 bridgehead atoms. The van der Waals surface area contributed by atoms with Crippen molar-refractivity contribution in [2.24, 2.45) is 11.5 Å². The van der Waals surface area contributed by atoms with Crippen LogP contribution in [0.5, 0.6) is 5.75 Å². The van der Waals surface area contributed by atoms with Gasteiger partial charge < -0.3 is 25.3 Å². The number of methoxy groups -OCH3 is 1. The molecule has 4 N–H and O–H groups in total. The Morgan fingerprint density at radius 2 is 1.44 bits per heavy atom. The lowest BCUT2D eigenvalue weighted by Crippen LogP contribution is -2.15. The quantitative estimate of drug-likeness (QED) is 0.123. The van der Waals surface area contributed by atoms with Crippen LogP contribution < -0.4 is 16.2 Å². The van der Waals surface area contributed by atoms with Crippen LogP contribution in [0.1, 0.15) is 67.8 Å². The van der Waals surface area contributed by atoms with Gasteiger partial charge in [0.1, 0.15) is 28.6 Å². The highest BCUT2D eigenvalue weighted by molar-refractivity contribution is 6.11. The molecule has 7 aromatic rings. The highest BCUT2D eigenvalue weighted by Gasteiger charge is 2.22. The van der Waals surface area contributed by atoms with Crippen LogP contribution in [-0.4, -0.2) is 68.4 Å². The van der Waals surface area contributed by atoms with Crippen molar-refractivity contribution in [2.75, 3.05) is 7.11 Å². The van der Waals surface area contributed by atoms with E-state index in [-0.39, 0.29) is 12.2 Å². The monoisotopic (exact) mass is 727 g/mol. The molecule has 276 valence electrons. The summed E-state index contributed by atoms with van der Waals surface area (Å²) < 4.78 is 13.4. The fraction of sp³-hybridized carbons (Fsp3) is 0.282. The molecule has 7 rings (SSSR count). The summed E-state index contributed by atoms with van der Waals surface area (Å²) in [6, 6.07) is 10.5. The van der Waals surface area contributed by atoms with Crippen molar-refractivity contribution in [3.63, 3.8) is 0 Å². The van der Waals surface area contributed by atoms with Crippen molar-refractivity contribution in [2.45, 2.75) is 67.2 Å². The van der Waals surface area contributed by atoms with E-state index in [0.29, 0.717) is 71.6 Å². The summed E-state index contributed by atoms with van der Waals surface area (Å²) >= 11 is 0. The zero-order valence-electron chi connectivity index (χ0n) is 31.0. The van der Waals surface area contributed by atoms with Crippen molar-refractivity contribution < 1.29 is 19.1 Å². The molecule has 0 saturated heterocycles. The molecule has 0 unspecified atom stereocenters. The molecule has 15 heteroatoms. The zero-order chi connectivity index (χ0) is 38.4. The van der Waals surface area contributed by atoms with Crippen LogP contribution in [0.3, 0.4) is 0 Å². The number of ether oxygens (including phenoxy) is 1. The third-order valence-electron chi connectivity index (χ3n) is 9.54. The Morgan fingerprint density at radius 3 is 2.13 bits per heavy atom. The smallest absolute Gasteiger partial charge is 0.248 e. The number of Topliss-reactive ketones (excluding diaryl/α,β-unsaturated/α-hetero) is 1. The maximum atomic E-state index is 13.7. The molecule has 15 nitrogen and oxygen atoms in total. The van der Waals surface area contributed by atoms with E-state index in [9.17, 15) is 14.4 Å². The number of carbonyl (C=O) groups is 3. The summed E-state index contributed by atoms with van der Waals surface area (Å²) in [7, 11) is 1.55. The fourth-order valence-corrected chi connectivity index (χ4v) is 7.14. The highest BCUT2D eigenvalue weighted by atomic mass is 16.5. The normalized spacial score (nSPS) is 11.8. The number of primary amides is 2. The first kappa shape index (κ1) is 35.7. The number of hydrogen-bond donors (Lipinski definition) is 2. The van der Waals surface area contributed by atoms with Crippen LogP contribution in [-0.2, 0) is 32.6 Å². The summed E-state index contributed by atoms with van der Waals surface area (Å²) in [6.07, 6.45) is 5.78. The fourth-order valence-electron chi connectivity index (χ4n) is 7.14. The van der Waals surface area contributed by atoms with Gasteiger partial charge in [-0.1, -0.05) is 12.2 Å². The van der Waals surface area contributed by atoms with Gasteiger partial charge in [0, 0.05) is 54.3 Å². The summed E-state index contributed by atoms with van der Waals surface area (Å²) in [5.41, 5.74) is 18.4. The molecule has 0 atom stereocenters. The second-order valence-corrected chi connectivity index (χ2v) is 13.2. The van der Waals surface area contributed by atoms with E-state index in [4.69, 9.17) is 31.2 Å². The number of ketones is 1. The second-order valence-electron chi connectivity index (χ2n) is 13.2. The van der Waals surface area contributed by atoms with E-state index in [1.165, 1.54) is 0 Å². The van der Waals surface area contributed by atoms with Crippen molar-refractivity contribution >= 4 is 50.6 Å². The van der Waals surface area contributed by atoms with Gasteiger partial charge in [0.15, 0.2) is 11.6 Å². The number of allylic oxidation sites excluding steroid dienone is 2. The first-order valence-corrected chi connectivity index (χ1v) is 17.7. The van der Waals surface area contributed by atoms with E-state index >= 15 is 0 Å². The lowest BCUT2D eigenvalue weighted by atomic mass is 10.1. The van der Waals surface area contributed by atoms with Gasteiger partial charge in [-0.05, 0) is 76.6 Å². The molecule has 2 amide bonds. The molecular weight excluding hydrogens is 687 g/mol. The Labute approximate surface area is 310 Å². The van der Waals surface area contributed by atoms with Crippen LogP contribution in [0.15, 0.2) is 54.7 Å². The molecule has 0 aliphatic rings. The molecule has 0 saturated carbocycles. The summed E-state index contributed by atoms with van der Waals surface area (Å²) in [6.45, 7) is 11.6. The van der Waals surface area contributed by atoms with E-state index in [1.54, 1.807) is 48.3 Å². The van der Waals surface area contributed by atoms with Gasteiger partial charge in [-0.3, -0.25) is 23.7 Å². The van der Waals surface area contributed by atoms with Gasteiger partial charge in [0.05, 0.1) is 41.5 Å². The number of nitrogens with zero attached hydrogens (tertiary/aromatic N) is 9. The molecule has 2 aromatic carbocycles. The minimum Gasteiger partial charge on any atom is -0.495 e. The molecule has 0 aliphatic heterocycles. The Kier molecular flexibility index (Phi) is 9.31. The Hall–Kier alpha value is -6.64. The van der Waals surface area contributed by atoms with Gasteiger partial charge in [0.25, 0.3) is 0 Å². The van der Waals surface area contributed by atoms with E-state index in [2.05, 4.69) is 10.2 Å². The number of amides is 2. The predicted octanol–water partition coefficient (Wildman–Crippen LogP) is 4.85. The van der Waals surface area contributed by atoms with E-state index in [1.807, 2.05) is 66.7 Å². The van der Waals surface area contributed by atoms with Gasteiger partial charge in [-0.25, -0.2) is 15.0 Å². The van der Waals surface area contributed by atoms with Crippen molar-refractivity contribution in [1.82, 2.24) is 43.6 Å². The summed E-state index contributed by atoms with van der Waals surface area (Å²) in [5.74, 6) is 0.270. The molecular formula is C39H41N11O4. The average Bonchev–Trinajstić information content (AvgIpc) is 3.90. The van der Waals surface area contributed by atoms with E-state index in [0.717, 1.165) is 44.5 Å². The van der Waals surface area contributed by atoms with Gasteiger partial charge in [-0.2, -0.15) is 10.2 Å². The van der Waals surface area contributed by atoms with Crippen LogP contribution in [0, 0.1) is 20.8 Å². The summed E-state index contributed by atoms with van der Waals surface area (Å²) in [4.78, 5) is 52.7. The maximum Gasteiger partial charge on any atom is 0.248 e. The maximum absolute atomic E-state index is 13.7. The molecule has 0 spiro atoms. The lowest BCUT2D eigenvalue weighted by Gasteiger charge is -2.11. The number of fused-ring (bicyclic) bond motifs is 4. The number of imidazole rings is 1. The lowest BCUT2D eigenvalue weighted by molar-refractivity contribution is 0.0975. The van der Waals surface area contributed by atoms with E-state index < -0.39 is 11.8 Å². The first-order valence-electron chi connectivity index (χ1n) is 17.7. The van der Waals surface area contributed by atoms with Crippen LogP contribution in [0.25, 0.3) is 44.5 Å². The Balaban J connectivity index is 1.31. The molecule has 0 aliphatic carbocycles. The molecule has 0 radical (unpaired) electrons. The minimum atomic E-state index is -0.578. The average molecular weight is 728 g/mol. The molecule has 5 aromatic heterocycles. The predicted molar refractivity (Wildman–Crippen MR) is 205 cm³/mol. The number of benzene rings is 2. The standard InChI is InChI=1S/C39H41N11O4/c1-7-49-29(14-22(4)45-49)31(51)19-33-43-28-17-24(36(40)52)13-21(3)34(28)47(33)11-9-10-12-48-35-26(16-25(37(41)53)18-32(35)54-6)27-20-42-38(44-39(27)48)30-15-23(5)46-50(30)8-2/h9-10,13-18,20H,7-8,11-12,19H2,1-6H3,(H2,40,52)(H2,41,53)/b10-9+. The van der Waals surface area contributed by atoms with Crippen LogP contribution in [0.2, 0.25) is 0 Å². The number of aryl methyl sites for hydroxylation is 5. The van der Waals surface area contributed by atoms with Crippen LogP contribution >= 0.6 is 0 Å². The number of carbonyl (C=O) groups excluding carboxylic acids is 3.